The fourth-order valence-corrected chi connectivity index (χ4v) is 4.20. The number of Topliss-reactive ketones (excluding diaryl/α,β-unsaturated/α-hetero) is 2. The van der Waals surface area contributed by atoms with Gasteiger partial charge in [-0.3, -0.25) is 9.59 Å². The van der Waals surface area contributed by atoms with Crippen LogP contribution in [-0.2, 0) is 14.3 Å². The zero-order chi connectivity index (χ0) is 24.6. The van der Waals surface area contributed by atoms with Gasteiger partial charge in [-0.2, -0.15) is 0 Å². The van der Waals surface area contributed by atoms with E-state index in [1.807, 2.05) is 6.92 Å². The van der Waals surface area contributed by atoms with Crippen molar-refractivity contribution in [2.75, 3.05) is 13.2 Å². The molecule has 1 fully saturated rings. The number of allylic oxidation sites excluding steroid dienone is 9. The van der Waals surface area contributed by atoms with Crippen LogP contribution in [0.5, 0.6) is 0 Å². The molecule has 1 atom stereocenters. The molecular formula is C29H42O4. The minimum Gasteiger partial charge on any atom is -0.390 e. The lowest BCUT2D eigenvalue weighted by molar-refractivity contribution is -0.116. The first-order valence-electron chi connectivity index (χ1n) is 12.3. The molecule has 4 nitrogen and oxygen atoms in total. The van der Waals surface area contributed by atoms with Gasteiger partial charge in [-0.1, -0.05) is 29.4 Å². The van der Waals surface area contributed by atoms with Gasteiger partial charge in [0.1, 0.15) is 0 Å². The van der Waals surface area contributed by atoms with Gasteiger partial charge in [-0.15, -0.1) is 0 Å². The van der Waals surface area contributed by atoms with E-state index in [9.17, 15) is 14.7 Å². The van der Waals surface area contributed by atoms with Crippen LogP contribution in [0.1, 0.15) is 92.9 Å². The largest absolute Gasteiger partial charge is 0.390 e. The first kappa shape index (κ1) is 27.2. The Balaban J connectivity index is 1.73. The molecule has 1 unspecified atom stereocenters. The Morgan fingerprint density at radius 3 is 2.06 bits per heavy atom. The van der Waals surface area contributed by atoms with Crippen molar-refractivity contribution in [3.05, 3.63) is 57.2 Å². The molecule has 33 heavy (non-hydrogen) atoms. The van der Waals surface area contributed by atoms with E-state index in [1.54, 1.807) is 20.8 Å². The van der Waals surface area contributed by atoms with Gasteiger partial charge in [0.05, 0.1) is 18.8 Å². The van der Waals surface area contributed by atoms with E-state index in [-0.39, 0.29) is 11.6 Å². The Labute approximate surface area is 200 Å². The number of ketones is 2. The third-order valence-electron chi connectivity index (χ3n) is 6.98. The highest BCUT2D eigenvalue weighted by Crippen LogP contribution is 2.30. The van der Waals surface area contributed by atoms with Crippen molar-refractivity contribution in [2.24, 2.45) is 0 Å². The van der Waals surface area contributed by atoms with E-state index in [4.69, 9.17) is 4.74 Å². The lowest BCUT2D eigenvalue weighted by Gasteiger charge is -2.25. The topological polar surface area (TPSA) is 63.6 Å². The minimum absolute atomic E-state index is 0.0467. The number of hydrogen-bond donors (Lipinski definition) is 1. The molecule has 0 amide bonds. The van der Waals surface area contributed by atoms with Crippen molar-refractivity contribution >= 4 is 11.6 Å². The highest BCUT2D eigenvalue weighted by Gasteiger charge is 2.29. The van der Waals surface area contributed by atoms with Crippen LogP contribution in [-0.4, -0.2) is 35.5 Å². The molecule has 1 aliphatic heterocycles. The zero-order valence-electron chi connectivity index (χ0n) is 21.5. The van der Waals surface area contributed by atoms with Crippen LogP contribution in [0.4, 0.5) is 0 Å². The van der Waals surface area contributed by atoms with Gasteiger partial charge in [-0.25, -0.2) is 0 Å². The average molecular weight is 455 g/mol. The van der Waals surface area contributed by atoms with Crippen molar-refractivity contribution < 1.29 is 19.4 Å². The molecule has 2 aliphatic rings. The molecule has 0 bridgehead atoms. The van der Waals surface area contributed by atoms with E-state index >= 15 is 0 Å². The van der Waals surface area contributed by atoms with Crippen molar-refractivity contribution in [2.45, 2.75) is 98.5 Å². The summed E-state index contributed by atoms with van der Waals surface area (Å²) in [4.78, 5) is 24.9. The smallest absolute Gasteiger partial charge is 0.185 e. The van der Waals surface area contributed by atoms with Crippen LogP contribution >= 0.6 is 0 Å². The van der Waals surface area contributed by atoms with Crippen molar-refractivity contribution in [1.82, 2.24) is 0 Å². The first-order chi connectivity index (χ1) is 15.5. The van der Waals surface area contributed by atoms with Crippen LogP contribution in [0.25, 0.3) is 0 Å². The summed E-state index contributed by atoms with van der Waals surface area (Å²) in [6.07, 6.45) is 13.5. The van der Waals surface area contributed by atoms with E-state index in [0.717, 1.165) is 45.3 Å². The normalized spacial score (nSPS) is 19.8. The SMILES string of the molecule is CC1=C(C)C(=O)C(CCC(C)(O)CC/C=C(\C)CC/C=C(\C)CCC=C2COC2)=C(C)C1=O. The maximum absolute atomic E-state index is 12.6. The Kier molecular flexibility index (Phi) is 10.2. The van der Waals surface area contributed by atoms with Gasteiger partial charge in [0.2, 0.25) is 0 Å². The summed E-state index contributed by atoms with van der Waals surface area (Å²) in [6, 6.07) is 0. The molecule has 182 valence electrons. The molecule has 0 radical (unpaired) electrons. The average Bonchev–Trinajstić information content (AvgIpc) is 2.72. The number of rotatable bonds is 12. The molecule has 0 saturated carbocycles. The quantitative estimate of drug-likeness (QED) is 0.270. The molecule has 1 heterocycles. The van der Waals surface area contributed by atoms with Crippen molar-refractivity contribution in [3.63, 3.8) is 0 Å². The van der Waals surface area contributed by atoms with Gasteiger partial charge in [-0.05, 0) is 98.5 Å². The van der Waals surface area contributed by atoms with Gasteiger partial charge < -0.3 is 9.84 Å². The molecule has 0 aromatic heterocycles. The van der Waals surface area contributed by atoms with Gasteiger partial charge in [0.15, 0.2) is 11.6 Å². The molecule has 0 aromatic rings. The second kappa shape index (κ2) is 12.4. The Morgan fingerprint density at radius 2 is 1.45 bits per heavy atom. The molecule has 0 aromatic carbocycles. The summed E-state index contributed by atoms with van der Waals surface area (Å²) in [5.74, 6) is -0.0947. The first-order valence-corrected chi connectivity index (χ1v) is 12.3. The monoisotopic (exact) mass is 454 g/mol. The van der Waals surface area contributed by atoms with Crippen LogP contribution in [0.2, 0.25) is 0 Å². The summed E-state index contributed by atoms with van der Waals surface area (Å²) >= 11 is 0. The predicted octanol–water partition coefficient (Wildman–Crippen LogP) is 6.51. The number of carbonyl (C=O) groups is 2. The lowest BCUT2D eigenvalue weighted by atomic mass is 9.82. The van der Waals surface area contributed by atoms with E-state index < -0.39 is 5.60 Å². The summed E-state index contributed by atoms with van der Waals surface area (Å²) in [5, 5.41) is 10.8. The van der Waals surface area contributed by atoms with Crippen LogP contribution in [0.3, 0.4) is 0 Å². The maximum Gasteiger partial charge on any atom is 0.185 e. The third kappa shape index (κ3) is 8.35. The maximum atomic E-state index is 12.6. The Hall–Kier alpha value is -2.04. The van der Waals surface area contributed by atoms with E-state index in [1.165, 1.54) is 16.7 Å². The number of carbonyl (C=O) groups excluding carboxylic acids is 2. The van der Waals surface area contributed by atoms with E-state index in [2.05, 4.69) is 32.1 Å². The molecule has 4 heteroatoms. The van der Waals surface area contributed by atoms with Gasteiger partial charge in [0.25, 0.3) is 0 Å². The summed E-state index contributed by atoms with van der Waals surface area (Å²) in [5.41, 5.74) is 5.50. The Morgan fingerprint density at radius 1 is 0.879 bits per heavy atom. The lowest BCUT2D eigenvalue weighted by Crippen LogP contribution is -2.26. The molecular weight excluding hydrogens is 412 g/mol. The summed E-state index contributed by atoms with van der Waals surface area (Å²) < 4.78 is 5.16. The molecule has 1 saturated heterocycles. The molecule has 1 N–H and O–H groups in total. The highest BCUT2D eigenvalue weighted by atomic mass is 16.5. The molecule has 2 rings (SSSR count). The number of ether oxygens (including phenoxy) is 1. The van der Waals surface area contributed by atoms with Crippen molar-refractivity contribution in [3.8, 4) is 0 Å². The predicted molar refractivity (Wildman–Crippen MR) is 135 cm³/mol. The van der Waals surface area contributed by atoms with Crippen LogP contribution < -0.4 is 0 Å². The fourth-order valence-electron chi connectivity index (χ4n) is 4.20. The third-order valence-corrected chi connectivity index (χ3v) is 6.98. The summed E-state index contributed by atoms with van der Waals surface area (Å²) in [6.45, 7) is 12.9. The van der Waals surface area contributed by atoms with Crippen LogP contribution in [0, 0.1) is 0 Å². The molecule has 1 aliphatic carbocycles. The summed E-state index contributed by atoms with van der Waals surface area (Å²) in [7, 11) is 0. The number of aliphatic hydroxyl groups is 1. The van der Waals surface area contributed by atoms with Gasteiger partial charge in [0, 0.05) is 22.3 Å². The second-order valence-corrected chi connectivity index (χ2v) is 10.1. The van der Waals surface area contributed by atoms with Crippen LogP contribution in [0.15, 0.2) is 57.2 Å². The molecule has 0 spiro atoms. The fraction of sp³-hybridized carbons (Fsp3) is 0.586. The zero-order valence-corrected chi connectivity index (χ0v) is 21.5. The standard InChI is InChI=1S/C29H42O4/c1-20(12-8-14-25-18-33-19-25)10-7-11-21(2)13-9-16-29(6,32)17-15-26-24(5)27(30)22(3)23(4)28(26)31/h10,13-14,32H,7-9,11-12,15-19H2,1-6H3/b20-10+,21-13+. The number of hydrogen-bond acceptors (Lipinski definition) is 4. The van der Waals surface area contributed by atoms with Gasteiger partial charge >= 0.3 is 0 Å². The Bertz CT molecular complexity index is 900. The highest BCUT2D eigenvalue weighted by molar-refractivity contribution is 6.24. The minimum atomic E-state index is -0.867. The van der Waals surface area contributed by atoms with E-state index in [0.29, 0.717) is 41.6 Å². The second-order valence-electron chi connectivity index (χ2n) is 10.1. The van der Waals surface area contributed by atoms with Crippen molar-refractivity contribution in [1.29, 1.82) is 0 Å².